The van der Waals surface area contributed by atoms with Gasteiger partial charge in [0.1, 0.15) is 0 Å². The van der Waals surface area contributed by atoms with E-state index in [1.165, 1.54) is 12.8 Å². The molecular weight excluding hydrogens is 228 g/mol. The first-order valence-electron chi connectivity index (χ1n) is 7.28. The first-order valence-corrected chi connectivity index (χ1v) is 7.28. The van der Waals surface area contributed by atoms with Crippen molar-refractivity contribution in [1.82, 2.24) is 10.2 Å². The maximum Gasteiger partial charge on any atom is 0.222 e. The molecule has 1 N–H and O–H groups in total. The third-order valence-electron chi connectivity index (χ3n) is 4.14. The quantitative estimate of drug-likeness (QED) is 0.803. The van der Waals surface area contributed by atoms with Crippen LogP contribution in [-0.4, -0.2) is 50.7 Å². The molecule has 2 aliphatic rings. The van der Waals surface area contributed by atoms with E-state index in [1.807, 2.05) is 11.9 Å². The number of amides is 1. The van der Waals surface area contributed by atoms with Gasteiger partial charge in [-0.2, -0.15) is 0 Å². The first kappa shape index (κ1) is 13.8. The zero-order chi connectivity index (χ0) is 12.8. The molecule has 0 saturated carbocycles. The fourth-order valence-electron chi connectivity index (χ4n) is 2.92. The Labute approximate surface area is 110 Å². The third-order valence-corrected chi connectivity index (χ3v) is 4.14. The van der Waals surface area contributed by atoms with E-state index in [0.717, 1.165) is 45.7 Å². The Balaban J connectivity index is 1.63. The van der Waals surface area contributed by atoms with Gasteiger partial charge in [0.05, 0.1) is 6.61 Å². The summed E-state index contributed by atoms with van der Waals surface area (Å²) in [5.74, 6) is 1.55. The van der Waals surface area contributed by atoms with Crippen LogP contribution in [0.3, 0.4) is 0 Å². The number of nitrogens with zero attached hydrogens (tertiary/aromatic N) is 1. The van der Waals surface area contributed by atoms with Gasteiger partial charge in [0.2, 0.25) is 5.91 Å². The zero-order valence-electron chi connectivity index (χ0n) is 11.5. The second-order valence-electron chi connectivity index (χ2n) is 5.75. The van der Waals surface area contributed by atoms with Crippen LogP contribution < -0.4 is 5.32 Å². The molecule has 2 unspecified atom stereocenters. The van der Waals surface area contributed by atoms with E-state index >= 15 is 0 Å². The van der Waals surface area contributed by atoms with Gasteiger partial charge in [-0.3, -0.25) is 4.79 Å². The fraction of sp³-hybridized carbons (Fsp3) is 0.929. The van der Waals surface area contributed by atoms with Crippen molar-refractivity contribution in [2.45, 2.75) is 32.1 Å². The Kier molecular flexibility index (Phi) is 5.45. The maximum absolute atomic E-state index is 12.0. The van der Waals surface area contributed by atoms with E-state index in [9.17, 15) is 4.79 Å². The molecule has 2 saturated heterocycles. The molecule has 0 bridgehead atoms. The third kappa shape index (κ3) is 4.25. The van der Waals surface area contributed by atoms with Crippen molar-refractivity contribution in [3.63, 3.8) is 0 Å². The van der Waals surface area contributed by atoms with Gasteiger partial charge >= 0.3 is 0 Å². The molecule has 0 radical (unpaired) electrons. The number of carbonyl (C=O) groups excluding carboxylic acids is 1. The number of carbonyl (C=O) groups is 1. The lowest BCUT2D eigenvalue weighted by atomic mass is 10.0. The average molecular weight is 254 g/mol. The smallest absolute Gasteiger partial charge is 0.222 e. The summed E-state index contributed by atoms with van der Waals surface area (Å²) < 4.78 is 5.46. The van der Waals surface area contributed by atoms with E-state index in [0.29, 0.717) is 24.2 Å². The van der Waals surface area contributed by atoms with Crippen LogP contribution in [-0.2, 0) is 9.53 Å². The van der Waals surface area contributed by atoms with Crippen molar-refractivity contribution in [2.75, 3.05) is 39.9 Å². The van der Waals surface area contributed by atoms with Gasteiger partial charge in [0.25, 0.3) is 0 Å². The highest BCUT2D eigenvalue weighted by Gasteiger charge is 2.20. The molecule has 0 aromatic heterocycles. The topological polar surface area (TPSA) is 41.6 Å². The molecule has 2 atom stereocenters. The second-order valence-corrected chi connectivity index (χ2v) is 5.75. The lowest BCUT2D eigenvalue weighted by Gasteiger charge is -2.27. The first-order chi connectivity index (χ1) is 8.75. The molecule has 2 fully saturated rings. The van der Waals surface area contributed by atoms with E-state index in [2.05, 4.69) is 5.32 Å². The molecule has 2 heterocycles. The summed E-state index contributed by atoms with van der Waals surface area (Å²) in [6.07, 6.45) is 5.31. The van der Waals surface area contributed by atoms with Gasteiger partial charge in [-0.25, -0.2) is 0 Å². The summed E-state index contributed by atoms with van der Waals surface area (Å²) in [6, 6.07) is 0. The molecule has 2 rings (SSSR count). The Hall–Kier alpha value is -0.610. The average Bonchev–Trinajstić information content (AvgIpc) is 2.90. The van der Waals surface area contributed by atoms with Crippen LogP contribution in [0.5, 0.6) is 0 Å². The van der Waals surface area contributed by atoms with Crippen LogP contribution in [0.25, 0.3) is 0 Å². The van der Waals surface area contributed by atoms with Crippen molar-refractivity contribution >= 4 is 5.91 Å². The summed E-state index contributed by atoms with van der Waals surface area (Å²) in [4.78, 5) is 13.9. The molecule has 0 spiro atoms. The molecule has 0 aromatic carbocycles. The van der Waals surface area contributed by atoms with Crippen LogP contribution in [0.1, 0.15) is 32.1 Å². The highest BCUT2D eigenvalue weighted by molar-refractivity contribution is 5.75. The molecule has 104 valence electrons. The van der Waals surface area contributed by atoms with Crippen LogP contribution in [0.2, 0.25) is 0 Å². The number of hydrogen-bond donors (Lipinski definition) is 1. The summed E-state index contributed by atoms with van der Waals surface area (Å²) >= 11 is 0. The van der Waals surface area contributed by atoms with Crippen molar-refractivity contribution in [2.24, 2.45) is 11.8 Å². The van der Waals surface area contributed by atoms with E-state index in [1.54, 1.807) is 0 Å². The van der Waals surface area contributed by atoms with Crippen molar-refractivity contribution in [3.05, 3.63) is 0 Å². The minimum Gasteiger partial charge on any atom is -0.381 e. The molecule has 18 heavy (non-hydrogen) atoms. The van der Waals surface area contributed by atoms with Crippen LogP contribution in [0.15, 0.2) is 0 Å². The SMILES string of the molecule is CN(CC1CCCOC1)C(=O)CCC1CCNC1. The minimum absolute atomic E-state index is 0.299. The Morgan fingerprint density at radius 2 is 2.28 bits per heavy atom. The lowest BCUT2D eigenvalue weighted by Crippen LogP contribution is -2.35. The molecular formula is C14H26N2O2. The molecule has 4 heteroatoms. The predicted molar refractivity (Wildman–Crippen MR) is 71.4 cm³/mol. The molecule has 4 nitrogen and oxygen atoms in total. The Morgan fingerprint density at radius 3 is 2.94 bits per heavy atom. The molecule has 0 aliphatic carbocycles. The van der Waals surface area contributed by atoms with Gasteiger partial charge in [0, 0.05) is 26.6 Å². The summed E-state index contributed by atoms with van der Waals surface area (Å²) in [5, 5.41) is 3.35. The largest absolute Gasteiger partial charge is 0.381 e. The van der Waals surface area contributed by atoms with Gasteiger partial charge < -0.3 is 15.0 Å². The van der Waals surface area contributed by atoms with Gasteiger partial charge in [-0.1, -0.05) is 0 Å². The normalized spacial score (nSPS) is 28.3. The number of rotatable bonds is 5. The number of nitrogens with one attached hydrogen (secondary N) is 1. The summed E-state index contributed by atoms with van der Waals surface area (Å²) in [6.45, 7) is 4.79. The lowest BCUT2D eigenvalue weighted by molar-refractivity contribution is -0.131. The highest BCUT2D eigenvalue weighted by Crippen LogP contribution is 2.17. The van der Waals surface area contributed by atoms with Crippen LogP contribution in [0, 0.1) is 11.8 Å². The van der Waals surface area contributed by atoms with Crippen molar-refractivity contribution in [3.8, 4) is 0 Å². The number of ether oxygens (including phenoxy) is 1. The monoisotopic (exact) mass is 254 g/mol. The zero-order valence-corrected chi connectivity index (χ0v) is 11.5. The van der Waals surface area contributed by atoms with E-state index in [4.69, 9.17) is 4.74 Å². The van der Waals surface area contributed by atoms with Crippen LogP contribution >= 0.6 is 0 Å². The minimum atomic E-state index is 0.299. The molecule has 2 aliphatic heterocycles. The Bertz CT molecular complexity index is 259. The van der Waals surface area contributed by atoms with Crippen LogP contribution in [0.4, 0.5) is 0 Å². The fourth-order valence-corrected chi connectivity index (χ4v) is 2.92. The Morgan fingerprint density at radius 1 is 1.39 bits per heavy atom. The van der Waals surface area contributed by atoms with Gasteiger partial charge in [0.15, 0.2) is 0 Å². The predicted octanol–water partition coefficient (Wildman–Crippen LogP) is 1.26. The second kappa shape index (κ2) is 7.10. The number of hydrogen-bond acceptors (Lipinski definition) is 3. The van der Waals surface area contributed by atoms with Gasteiger partial charge in [-0.15, -0.1) is 0 Å². The highest BCUT2D eigenvalue weighted by atomic mass is 16.5. The summed E-state index contributed by atoms with van der Waals surface area (Å²) in [7, 11) is 1.93. The van der Waals surface area contributed by atoms with E-state index < -0.39 is 0 Å². The van der Waals surface area contributed by atoms with Gasteiger partial charge in [-0.05, 0) is 50.6 Å². The van der Waals surface area contributed by atoms with Crippen molar-refractivity contribution < 1.29 is 9.53 Å². The molecule has 0 aromatic rings. The van der Waals surface area contributed by atoms with Crippen molar-refractivity contribution in [1.29, 1.82) is 0 Å². The summed E-state index contributed by atoms with van der Waals surface area (Å²) in [5.41, 5.74) is 0. The maximum atomic E-state index is 12.0. The molecule has 1 amide bonds. The standard InChI is InChI=1S/C14H26N2O2/c1-16(10-13-3-2-8-18-11-13)14(17)5-4-12-6-7-15-9-12/h12-13,15H,2-11H2,1H3. The van der Waals surface area contributed by atoms with E-state index in [-0.39, 0.29) is 0 Å².